The zero-order valence-electron chi connectivity index (χ0n) is 12.9. The molecule has 3 aromatic rings. The minimum absolute atomic E-state index is 0.355. The lowest BCUT2D eigenvalue weighted by atomic mass is 10.2. The predicted molar refractivity (Wildman–Crippen MR) is 83.9 cm³/mol. The lowest BCUT2D eigenvalue weighted by Crippen LogP contribution is -2.33. The summed E-state index contributed by atoms with van der Waals surface area (Å²) >= 11 is 0. The fraction of sp³-hybridized carbons (Fsp3) is 0.438. The van der Waals surface area contributed by atoms with Crippen LogP contribution >= 0.6 is 0 Å². The molecule has 114 valence electrons. The summed E-state index contributed by atoms with van der Waals surface area (Å²) in [6.07, 6.45) is 2.27. The summed E-state index contributed by atoms with van der Waals surface area (Å²) in [5.74, 6) is 1.78. The molecule has 1 fully saturated rings. The first-order chi connectivity index (χ1) is 10.7. The van der Waals surface area contributed by atoms with E-state index in [9.17, 15) is 0 Å². The Kier molecular flexibility index (Phi) is 3.10. The Morgan fingerprint density at radius 2 is 2.09 bits per heavy atom. The number of nitrogens with zero attached hydrogens (tertiary/aromatic N) is 5. The summed E-state index contributed by atoms with van der Waals surface area (Å²) in [6, 6.07) is 8.98. The average molecular weight is 297 g/mol. The fourth-order valence-electron chi connectivity index (χ4n) is 3.19. The van der Waals surface area contributed by atoms with E-state index in [1.54, 1.807) is 0 Å². The normalized spacial score (nSPS) is 18.5. The number of para-hydroxylation sites is 2. The minimum Gasteiger partial charge on any atom is -0.423 e. The maximum Gasteiger partial charge on any atom is 0.298 e. The van der Waals surface area contributed by atoms with Crippen molar-refractivity contribution in [2.24, 2.45) is 0 Å². The number of hydrogen-bond acceptors (Lipinski definition) is 5. The van der Waals surface area contributed by atoms with Crippen LogP contribution in [0.25, 0.3) is 11.1 Å². The second kappa shape index (κ2) is 5.12. The summed E-state index contributed by atoms with van der Waals surface area (Å²) < 4.78 is 7.91. The largest absolute Gasteiger partial charge is 0.423 e. The summed E-state index contributed by atoms with van der Waals surface area (Å²) in [5.41, 5.74) is 1.76. The molecule has 0 bridgehead atoms. The molecule has 6 nitrogen and oxygen atoms in total. The topological polar surface area (TPSA) is 60.0 Å². The number of aromatic nitrogens is 4. The molecule has 3 heterocycles. The molecule has 1 saturated heterocycles. The van der Waals surface area contributed by atoms with Crippen molar-refractivity contribution in [2.45, 2.75) is 39.3 Å². The van der Waals surface area contributed by atoms with Crippen LogP contribution in [0.3, 0.4) is 0 Å². The van der Waals surface area contributed by atoms with Crippen molar-refractivity contribution in [3.63, 3.8) is 0 Å². The van der Waals surface area contributed by atoms with Crippen molar-refractivity contribution >= 4 is 17.1 Å². The lowest BCUT2D eigenvalue weighted by molar-refractivity contribution is 0.471. The quantitative estimate of drug-likeness (QED) is 0.744. The average Bonchev–Trinajstić information content (AvgIpc) is 3.18. The van der Waals surface area contributed by atoms with Crippen LogP contribution in [0.2, 0.25) is 0 Å². The molecule has 0 radical (unpaired) electrons. The molecule has 0 amide bonds. The van der Waals surface area contributed by atoms with E-state index in [-0.39, 0.29) is 0 Å². The van der Waals surface area contributed by atoms with Crippen molar-refractivity contribution in [2.75, 3.05) is 11.4 Å². The molecule has 6 heteroatoms. The van der Waals surface area contributed by atoms with Crippen molar-refractivity contribution < 1.29 is 4.42 Å². The van der Waals surface area contributed by atoms with E-state index in [1.807, 2.05) is 42.8 Å². The molecule has 1 aromatic carbocycles. The highest BCUT2D eigenvalue weighted by Gasteiger charge is 2.29. The van der Waals surface area contributed by atoms with E-state index < -0.39 is 0 Å². The van der Waals surface area contributed by atoms with Crippen molar-refractivity contribution in [1.82, 2.24) is 19.7 Å². The highest BCUT2D eigenvalue weighted by Crippen LogP contribution is 2.29. The van der Waals surface area contributed by atoms with Gasteiger partial charge in [0.2, 0.25) is 0 Å². The Balaban J connectivity index is 1.61. The monoisotopic (exact) mass is 297 g/mol. The molecule has 0 saturated carbocycles. The third-order valence-electron chi connectivity index (χ3n) is 4.25. The maximum absolute atomic E-state index is 5.92. The van der Waals surface area contributed by atoms with E-state index in [0.29, 0.717) is 6.04 Å². The van der Waals surface area contributed by atoms with Crippen molar-refractivity contribution in [3.05, 3.63) is 35.9 Å². The first kappa shape index (κ1) is 13.3. The zero-order chi connectivity index (χ0) is 15.1. The molecule has 22 heavy (non-hydrogen) atoms. The Bertz CT molecular complexity index is 773. The van der Waals surface area contributed by atoms with E-state index >= 15 is 0 Å². The van der Waals surface area contributed by atoms with E-state index in [0.717, 1.165) is 54.7 Å². The number of benzene rings is 1. The zero-order valence-corrected chi connectivity index (χ0v) is 12.9. The predicted octanol–water partition coefficient (Wildman–Crippen LogP) is 2.71. The van der Waals surface area contributed by atoms with Gasteiger partial charge in [-0.3, -0.25) is 0 Å². The highest BCUT2D eigenvalue weighted by atomic mass is 16.4. The number of oxazole rings is 1. The number of hydrogen-bond donors (Lipinski definition) is 0. The Morgan fingerprint density at radius 1 is 1.23 bits per heavy atom. The Hall–Kier alpha value is -2.37. The van der Waals surface area contributed by atoms with Crippen LogP contribution in [0.1, 0.15) is 24.5 Å². The van der Waals surface area contributed by atoms with Gasteiger partial charge in [0, 0.05) is 6.54 Å². The van der Waals surface area contributed by atoms with Crippen molar-refractivity contribution in [1.29, 1.82) is 0 Å². The third kappa shape index (κ3) is 2.24. The highest BCUT2D eigenvalue weighted by molar-refractivity contribution is 5.74. The van der Waals surface area contributed by atoms with Crippen LogP contribution < -0.4 is 4.90 Å². The lowest BCUT2D eigenvalue weighted by Gasteiger charge is -2.22. The van der Waals surface area contributed by atoms with E-state index in [2.05, 4.69) is 20.0 Å². The summed E-state index contributed by atoms with van der Waals surface area (Å²) in [4.78, 5) is 11.3. The van der Waals surface area contributed by atoms with Gasteiger partial charge in [0.15, 0.2) is 5.58 Å². The number of fused-ring (bicyclic) bond motifs is 1. The van der Waals surface area contributed by atoms with Crippen LogP contribution in [0.15, 0.2) is 28.7 Å². The molecule has 1 atom stereocenters. The number of aryl methyl sites for hydroxylation is 2. The first-order valence-electron chi connectivity index (χ1n) is 7.71. The van der Waals surface area contributed by atoms with Gasteiger partial charge in [-0.1, -0.05) is 12.1 Å². The molecule has 4 rings (SSSR count). The fourth-order valence-corrected chi connectivity index (χ4v) is 3.19. The van der Waals surface area contributed by atoms with Crippen LogP contribution in [0.4, 0.5) is 6.01 Å². The standard InChI is InChI=1S/C16H19N5O/c1-11-17-12(2)21(19-11)10-13-6-5-9-20(13)16-18-14-7-3-4-8-15(14)22-16/h3-4,7-8,13H,5-6,9-10H2,1-2H3. The summed E-state index contributed by atoms with van der Waals surface area (Å²) in [5, 5.41) is 4.47. The molecule has 1 aliphatic heterocycles. The van der Waals surface area contributed by atoms with E-state index in [4.69, 9.17) is 4.42 Å². The van der Waals surface area contributed by atoms with E-state index in [1.165, 1.54) is 0 Å². The van der Waals surface area contributed by atoms with Crippen LogP contribution in [-0.4, -0.2) is 32.3 Å². The molecular weight excluding hydrogens is 278 g/mol. The Labute approximate surface area is 128 Å². The molecular formula is C16H19N5O. The van der Waals surface area contributed by atoms with Gasteiger partial charge < -0.3 is 9.32 Å². The van der Waals surface area contributed by atoms with Gasteiger partial charge in [0.1, 0.15) is 17.2 Å². The second-order valence-corrected chi connectivity index (χ2v) is 5.84. The summed E-state index contributed by atoms with van der Waals surface area (Å²) in [6.45, 7) is 5.73. The number of anilines is 1. The third-order valence-corrected chi connectivity index (χ3v) is 4.25. The van der Waals surface area contributed by atoms with Gasteiger partial charge in [0.25, 0.3) is 6.01 Å². The molecule has 0 aliphatic carbocycles. The molecule has 0 spiro atoms. The van der Waals surface area contributed by atoms with Crippen LogP contribution in [-0.2, 0) is 6.54 Å². The minimum atomic E-state index is 0.355. The van der Waals surface area contributed by atoms with Crippen LogP contribution in [0.5, 0.6) is 0 Å². The molecule has 2 aromatic heterocycles. The Morgan fingerprint density at radius 3 is 2.86 bits per heavy atom. The first-order valence-corrected chi connectivity index (χ1v) is 7.71. The maximum atomic E-state index is 5.92. The van der Waals surface area contributed by atoms with Gasteiger partial charge in [-0.05, 0) is 38.8 Å². The molecule has 0 N–H and O–H groups in total. The van der Waals surface area contributed by atoms with Gasteiger partial charge >= 0.3 is 0 Å². The molecule has 1 aliphatic rings. The van der Waals surface area contributed by atoms with Gasteiger partial charge in [-0.25, -0.2) is 9.67 Å². The van der Waals surface area contributed by atoms with Gasteiger partial charge in [0.05, 0.1) is 12.6 Å². The summed E-state index contributed by atoms with van der Waals surface area (Å²) in [7, 11) is 0. The number of rotatable bonds is 3. The second-order valence-electron chi connectivity index (χ2n) is 5.84. The van der Waals surface area contributed by atoms with Crippen LogP contribution in [0, 0.1) is 13.8 Å². The van der Waals surface area contributed by atoms with Gasteiger partial charge in [-0.15, -0.1) is 0 Å². The van der Waals surface area contributed by atoms with Crippen molar-refractivity contribution in [3.8, 4) is 0 Å². The van der Waals surface area contributed by atoms with Gasteiger partial charge in [-0.2, -0.15) is 10.1 Å². The smallest absolute Gasteiger partial charge is 0.298 e. The molecule has 1 unspecified atom stereocenters. The SMILES string of the molecule is Cc1nc(C)n(CC2CCCN2c2nc3ccccc3o2)n1.